The number of urea groups is 1. The van der Waals surface area contributed by atoms with Gasteiger partial charge in [-0.05, 0) is 44.2 Å². The van der Waals surface area contributed by atoms with E-state index in [1.165, 1.54) is 13.2 Å². The summed E-state index contributed by atoms with van der Waals surface area (Å²) in [7, 11) is 1.48. The molecule has 0 aliphatic carbocycles. The Balaban J connectivity index is 2.17. The zero-order chi connectivity index (χ0) is 19.8. The fourth-order valence-electron chi connectivity index (χ4n) is 2.35. The van der Waals surface area contributed by atoms with Crippen LogP contribution in [0.25, 0.3) is 0 Å². The van der Waals surface area contributed by atoms with E-state index in [-0.39, 0.29) is 17.0 Å². The number of halogens is 1. The van der Waals surface area contributed by atoms with Gasteiger partial charge in [-0.1, -0.05) is 17.7 Å². The molecule has 0 heterocycles. The van der Waals surface area contributed by atoms with Crippen molar-refractivity contribution in [3.05, 3.63) is 47.0 Å². The van der Waals surface area contributed by atoms with Gasteiger partial charge in [-0.25, -0.2) is 4.79 Å². The van der Waals surface area contributed by atoms with Crippen LogP contribution in [0.2, 0.25) is 5.02 Å². The van der Waals surface area contributed by atoms with Crippen LogP contribution < -0.4 is 25.4 Å². The smallest absolute Gasteiger partial charge is 0.319 e. The standard InChI is InChI=1S/C19H22ClN3O4/c1-4-21-19(25)23-14-8-6-7-13(11-14)22-18(24)12-9-15(20)17(27-5-2)16(10-12)26-3/h6-11H,4-5H2,1-3H3,(H,22,24)(H2,21,23,25). The third-order valence-corrected chi connectivity index (χ3v) is 3.78. The SMILES string of the molecule is CCNC(=O)Nc1cccc(NC(=O)c2cc(Cl)c(OCC)c(OC)c2)c1. The Bertz CT molecular complexity index is 827. The van der Waals surface area contributed by atoms with Crippen LogP contribution in [0, 0.1) is 0 Å². The summed E-state index contributed by atoms with van der Waals surface area (Å²) < 4.78 is 10.7. The average Bonchev–Trinajstić information content (AvgIpc) is 2.63. The molecule has 0 spiro atoms. The third kappa shape index (κ3) is 5.52. The quantitative estimate of drug-likeness (QED) is 0.661. The van der Waals surface area contributed by atoms with Crippen molar-refractivity contribution in [3.8, 4) is 11.5 Å². The van der Waals surface area contributed by atoms with Gasteiger partial charge in [0.05, 0.1) is 18.7 Å². The fourth-order valence-corrected chi connectivity index (χ4v) is 2.61. The summed E-state index contributed by atoms with van der Waals surface area (Å²) in [5, 5.41) is 8.38. The number of amides is 3. The summed E-state index contributed by atoms with van der Waals surface area (Å²) in [4.78, 5) is 24.2. The topological polar surface area (TPSA) is 88.7 Å². The number of carbonyl (C=O) groups excluding carboxylic acids is 2. The number of methoxy groups -OCH3 is 1. The highest BCUT2D eigenvalue weighted by Gasteiger charge is 2.16. The summed E-state index contributed by atoms with van der Waals surface area (Å²) >= 11 is 6.21. The van der Waals surface area contributed by atoms with Gasteiger partial charge in [0.25, 0.3) is 5.91 Å². The number of hydrogen-bond donors (Lipinski definition) is 3. The molecule has 2 aromatic rings. The molecule has 8 heteroatoms. The third-order valence-electron chi connectivity index (χ3n) is 3.50. The molecule has 2 aromatic carbocycles. The lowest BCUT2D eigenvalue weighted by molar-refractivity contribution is 0.102. The molecule has 144 valence electrons. The lowest BCUT2D eigenvalue weighted by Gasteiger charge is -2.13. The number of carbonyl (C=O) groups is 2. The maximum Gasteiger partial charge on any atom is 0.319 e. The Hall–Kier alpha value is -2.93. The van der Waals surface area contributed by atoms with Crippen LogP contribution >= 0.6 is 11.6 Å². The second-order valence-electron chi connectivity index (χ2n) is 5.44. The van der Waals surface area contributed by atoms with Crippen molar-refractivity contribution in [2.75, 3.05) is 30.9 Å². The molecule has 3 amide bonds. The van der Waals surface area contributed by atoms with Crippen LogP contribution in [-0.2, 0) is 0 Å². The van der Waals surface area contributed by atoms with E-state index in [4.69, 9.17) is 21.1 Å². The molecule has 0 unspecified atom stereocenters. The van der Waals surface area contributed by atoms with E-state index in [0.717, 1.165) is 0 Å². The molecule has 7 nitrogen and oxygen atoms in total. The summed E-state index contributed by atoms with van der Waals surface area (Å²) in [6.45, 7) is 4.60. The van der Waals surface area contributed by atoms with E-state index in [1.54, 1.807) is 30.3 Å². The number of benzene rings is 2. The first-order valence-corrected chi connectivity index (χ1v) is 8.82. The summed E-state index contributed by atoms with van der Waals surface area (Å²) in [6, 6.07) is 9.58. The van der Waals surface area contributed by atoms with Gasteiger partial charge in [0.1, 0.15) is 0 Å². The summed E-state index contributed by atoms with van der Waals surface area (Å²) in [5.41, 5.74) is 1.40. The van der Waals surface area contributed by atoms with E-state index in [1.807, 2.05) is 13.8 Å². The van der Waals surface area contributed by atoms with Gasteiger partial charge >= 0.3 is 6.03 Å². The van der Waals surface area contributed by atoms with Crippen molar-refractivity contribution >= 4 is 34.9 Å². The molecular weight excluding hydrogens is 370 g/mol. The largest absolute Gasteiger partial charge is 0.493 e. The van der Waals surface area contributed by atoms with Crippen molar-refractivity contribution in [3.63, 3.8) is 0 Å². The molecule has 0 bridgehead atoms. The van der Waals surface area contributed by atoms with Gasteiger partial charge in [-0.3, -0.25) is 4.79 Å². The van der Waals surface area contributed by atoms with E-state index in [9.17, 15) is 9.59 Å². The second-order valence-corrected chi connectivity index (χ2v) is 5.85. The van der Waals surface area contributed by atoms with Crippen molar-refractivity contribution < 1.29 is 19.1 Å². The minimum atomic E-state index is -0.367. The molecule has 2 rings (SSSR count). The number of ether oxygens (including phenoxy) is 2. The van der Waals surface area contributed by atoms with Crippen molar-refractivity contribution in [1.82, 2.24) is 5.32 Å². The average molecular weight is 392 g/mol. The molecular formula is C19H22ClN3O4. The van der Waals surface area contributed by atoms with Crippen LogP contribution in [0.5, 0.6) is 11.5 Å². The monoisotopic (exact) mass is 391 g/mol. The van der Waals surface area contributed by atoms with E-state index < -0.39 is 0 Å². The van der Waals surface area contributed by atoms with Crippen LogP contribution in [0.1, 0.15) is 24.2 Å². The van der Waals surface area contributed by atoms with Crippen molar-refractivity contribution in [2.24, 2.45) is 0 Å². The number of hydrogen-bond acceptors (Lipinski definition) is 4. The molecule has 0 aliphatic heterocycles. The van der Waals surface area contributed by atoms with Gasteiger partial charge in [0.15, 0.2) is 11.5 Å². The molecule has 0 aliphatic rings. The molecule has 0 saturated heterocycles. The first-order chi connectivity index (χ1) is 13.0. The van der Waals surface area contributed by atoms with Gasteiger partial charge in [-0.2, -0.15) is 0 Å². The van der Waals surface area contributed by atoms with Crippen LogP contribution in [0.3, 0.4) is 0 Å². The zero-order valence-corrected chi connectivity index (χ0v) is 16.1. The maximum absolute atomic E-state index is 12.6. The van der Waals surface area contributed by atoms with Gasteiger partial charge < -0.3 is 25.4 Å². The lowest BCUT2D eigenvalue weighted by atomic mass is 10.1. The highest BCUT2D eigenvalue weighted by atomic mass is 35.5. The van der Waals surface area contributed by atoms with E-state index >= 15 is 0 Å². The Morgan fingerprint density at radius 3 is 2.41 bits per heavy atom. The zero-order valence-electron chi connectivity index (χ0n) is 15.4. The number of nitrogens with one attached hydrogen (secondary N) is 3. The Kier molecular flexibility index (Phi) is 7.31. The van der Waals surface area contributed by atoms with Crippen LogP contribution in [0.15, 0.2) is 36.4 Å². The molecule has 0 aromatic heterocycles. The molecule has 0 saturated carbocycles. The predicted octanol–water partition coefficient (Wildman–Crippen LogP) is 4.14. The molecule has 3 N–H and O–H groups in total. The Morgan fingerprint density at radius 1 is 1.07 bits per heavy atom. The fraction of sp³-hybridized carbons (Fsp3) is 0.263. The predicted molar refractivity (Wildman–Crippen MR) is 106 cm³/mol. The normalized spacial score (nSPS) is 10.1. The van der Waals surface area contributed by atoms with Gasteiger partial charge in [-0.15, -0.1) is 0 Å². The highest BCUT2D eigenvalue weighted by molar-refractivity contribution is 6.32. The first kappa shape index (κ1) is 20.4. The van der Waals surface area contributed by atoms with Gasteiger partial charge in [0.2, 0.25) is 0 Å². The Labute approximate surface area is 163 Å². The number of rotatable bonds is 7. The van der Waals surface area contributed by atoms with E-state index in [2.05, 4.69) is 16.0 Å². The molecule has 0 radical (unpaired) electrons. The Morgan fingerprint density at radius 2 is 1.78 bits per heavy atom. The lowest BCUT2D eigenvalue weighted by Crippen LogP contribution is -2.28. The van der Waals surface area contributed by atoms with Crippen LogP contribution in [0.4, 0.5) is 16.2 Å². The minimum absolute atomic E-state index is 0.285. The highest BCUT2D eigenvalue weighted by Crippen LogP contribution is 2.36. The first-order valence-electron chi connectivity index (χ1n) is 8.45. The summed E-state index contributed by atoms with van der Waals surface area (Å²) in [6.07, 6.45) is 0. The molecule has 0 fully saturated rings. The second kappa shape index (κ2) is 9.68. The summed E-state index contributed by atoms with van der Waals surface area (Å²) in [5.74, 6) is 0.404. The van der Waals surface area contributed by atoms with Crippen LogP contribution in [-0.4, -0.2) is 32.2 Å². The van der Waals surface area contributed by atoms with Gasteiger partial charge in [0, 0.05) is 23.5 Å². The van der Waals surface area contributed by atoms with Crippen molar-refractivity contribution in [1.29, 1.82) is 0 Å². The molecule has 27 heavy (non-hydrogen) atoms. The van der Waals surface area contributed by atoms with Crippen molar-refractivity contribution in [2.45, 2.75) is 13.8 Å². The maximum atomic E-state index is 12.6. The minimum Gasteiger partial charge on any atom is -0.493 e. The molecule has 0 atom stereocenters. The number of anilines is 2. The van der Waals surface area contributed by atoms with E-state index in [0.29, 0.717) is 41.6 Å².